The summed E-state index contributed by atoms with van der Waals surface area (Å²) >= 11 is 7.53. The second-order valence-electron chi connectivity index (χ2n) is 8.47. The van der Waals surface area contributed by atoms with Crippen molar-refractivity contribution >= 4 is 46.0 Å². The highest BCUT2D eigenvalue weighted by molar-refractivity contribution is 7.05. The van der Waals surface area contributed by atoms with E-state index in [1.54, 1.807) is 18.2 Å². The number of nitrogens with zero attached hydrogens (tertiary/aromatic N) is 9. The molecule has 0 saturated carbocycles. The van der Waals surface area contributed by atoms with Gasteiger partial charge >= 0.3 is 0 Å². The lowest BCUT2D eigenvalue weighted by molar-refractivity contribution is -0.134. The molecular weight excluding hydrogens is 550 g/mol. The summed E-state index contributed by atoms with van der Waals surface area (Å²) in [6, 6.07) is 4.18. The summed E-state index contributed by atoms with van der Waals surface area (Å²) in [7, 11) is 1.42. The van der Waals surface area contributed by atoms with Crippen molar-refractivity contribution in [2.45, 2.75) is 44.6 Å². The van der Waals surface area contributed by atoms with E-state index in [0.717, 1.165) is 16.1 Å². The Morgan fingerprint density at radius 1 is 1.38 bits per heavy atom. The molecule has 5 rings (SSSR count). The molecule has 4 heterocycles. The van der Waals surface area contributed by atoms with Gasteiger partial charge in [0.25, 0.3) is 0 Å². The normalized spacial score (nSPS) is 20.5. The Kier molecular flexibility index (Phi) is 7.72. The molecule has 4 aromatic rings. The molecule has 3 N–H and O–H groups in total. The number of imidazole rings is 1. The average molecular weight is 572 g/mol. The maximum atomic E-state index is 12.3. The second kappa shape index (κ2) is 11.3. The number of azide groups is 1. The number of hydrogen-bond acceptors (Lipinski definition) is 12. The van der Waals surface area contributed by atoms with E-state index in [2.05, 4.69) is 45.2 Å². The van der Waals surface area contributed by atoms with Gasteiger partial charge in [-0.15, -0.1) is 5.10 Å². The van der Waals surface area contributed by atoms with E-state index in [1.165, 1.54) is 35.8 Å². The number of amides is 1. The van der Waals surface area contributed by atoms with Crippen LogP contribution in [0.25, 0.3) is 21.6 Å². The fourth-order valence-corrected chi connectivity index (χ4v) is 4.88. The number of nitrogens with one attached hydrogen (secondary N) is 2. The minimum Gasteiger partial charge on any atom is -0.488 e. The van der Waals surface area contributed by atoms with Gasteiger partial charge in [0.15, 0.2) is 23.2 Å². The monoisotopic (exact) mass is 571 g/mol. The smallest absolute Gasteiger partial charge is 0.249 e. The number of benzene rings is 1. The van der Waals surface area contributed by atoms with Gasteiger partial charge < -0.3 is 25.2 Å². The van der Waals surface area contributed by atoms with Crippen LogP contribution in [0.5, 0.6) is 5.75 Å². The summed E-state index contributed by atoms with van der Waals surface area (Å²) in [6.45, 7) is 2.49. The van der Waals surface area contributed by atoms with Gasteiger partial charge in [-0.1, -0.05) is 21.2 Å². The van der Waals surface area contributed by atoms with Crippen LogP contribution in [0.1, 0.15) is 22.4 Å². The molecule has 0 bridgehead atoms. The zero-order chi connectivity index (χ0) is 27.5. The molecule has 0 aliphatic carbocycles. The van der Waals surface area contributed by atoms with Crippen molar-refractivity contribution in [1.29, 1.82) is 0 Å². The van der Waals surface area contributed by atoms with E-state index in [1.807, 2.05) is 6.92 Å². The van der Waals surface area contributed by atoms with Crippen LogP contribution in [-0.2, 0) is 22.7 Å². The predicted molar refractivity (Wildman–Crippen MR) is 140 cm³/mol. The van der Waals surface area contributed by atoms with Crippen molar-refractivity contribution < 1.29 is 19.4 Å². The van der Waals surface area contributed by atoms with Crippen molar-refractivity contribution in [3.8, 4) is 5.75 Å². The number of fused-ring (bicyclic) bond motifs is 1. The van der Waals surface area contributed by atoms with E-state index >= 15 is 0 Å². The first-order chi connectivity index (χ1) is 18.9. The largest absolute Gasteiger partial charge is 0.488 e. The maximum absolute atomic E-state index is 12.3. The van der Waals surface area contributed by atoms with E-state index in [9.17, 15) is 9.90 Å². The average Bonchev–Trinajstić information content (AvgIpc) is 3.64. The van der Waals surface area contributed by atoms with Gasteiger partial charge in [0.1, 0.15) is 36.9 Å². The standard InChI is InChI=1S/C22H22ClN11O4S/c1-10-14(39-33-30-10)7-37-13-4-3-12(23)5-11(13)6-26-19-16-20(28-8-27-19)34(9-29-16)22-17(35)15(31-32-24)18(38-22)21(36)25-2/h3-5,8-9,15,17-18,22,35H,6-7H2,1-2H3,(H,25,36)(H,26,27,28)/t15-,17+,18-,22+/m0/s1. The number of aliphatic hydroxyl groups is 1. The fraction of sp³-hybridized carbons (Fsp3) is 0.364. The number of ether oxygens (including phenoxy) is 2. The Hall–Kier alpha value is -4.08. The van der Waals surface area contributed by atoms with Crippen LogP contribution in [0.4, 0.5) is 5.82 Å². The van der Waals surface area contributed by atoms with Crippen molar-refractivity contribution in [3.63, 3.8) is 0 Å². The Labute approximate surface area is 229 Å². The Balaban J connectivity index is 1.37. The number of anilines is 1. The summed E-state index contributed by atoms with van der Waals surface area (Å²) < 4.78 is 17.2. The third-order valence-electron chi connectivity index (χ3n) is 6.13. The van der Waals surface area contributed by atoms with Gasteiger partial charge in [0.2, 0.25) is 5.91 Å². The Bertz CT molecular complexity index is 1560. The molecule has 1 amide bonds. The minimum atomic E-state index is -1.32. The summed E-state index contributed by atoms with van der Waals surface area (Å²) in [4.78, 5) is 28.9. The SMILES string of the molecule is CNC(=O)[C@H]1O[C@@H](n2cnc3c(NCc4cc(Cl)ccc4OCc4snnc4C)ncnc32)[C@H](O)[C@@H]1N=[N+]=[N-]. The number of likely N-dealkylation sites (N-methyl/N-ethyl adjacent to an activating group) is 1. The molecule has 0 radical (unpaired) electrons. The van der Waals surface area contributed by atoms with Crippen LogP contribution < -0.4 is 15.4 Å². The second-order valence-corrected chi connectivity index (χ2v) is 9.74. The summed E-state index contributed by atoms with van der Waals surface area (Å²) in [6.07, 6.45) is -0.838. The molecule has 1 aliphatic heterocycles. The van der Waals surface area contributed by atoms with Gasteiger partial charge in [-0.05, 0) is 42.2 Å². The highest BCUT2D eigenvalue weighted by atomic mass is 35.5. The minimum absolute atomic E-state index is 0.301. The van der Waals surface area contributed by atoms with Gasteiger partial charge in [-0.2, -0.15) is 0 Å². The number of carbonyl (C=O) groups is 1. The number of aliphatic hydroxyl groups excluding tert-OH is 1. The van der Waals surface area contributed by atoms with Gasteiger partial charge in [-0.3, -0.25) is 9.36 Å². The molecule has 0 spiro atoms. The first-order valence-corrected chi connectivity index (χ1v) is 12.8. The first kappa shape index (κ1) is 26.5. The molecule has 202 valence electrons. The van der Waals surface area contributed by atoms with Crippen LogP contribution in [0.2, 0.25) is 5.02 Å². The van der Waals surface area contributed by atoms with E-state index < -0.39 is 30.4 Å². The molecule has 17 heteroatoms. The van der Waals surface area contributed by atoms with Gasteiger partial charge in [-0.25, -0.2) is 15.0 Å². The molecule has 0 unspecified atom stereocenters. The number of carbonyl (C=O) groups excluding carboxylic acids is 1. The number of aryl methyl sites for hydroxylation is 1. The summed E-state index contributed by atoms with van der Waals surface area (Å²) in [5, 5.41) is 24.6. The molecule has 1 aliphatic rings. The highest BCUT2D eigenvalue weighted by Crippen LogP contribution is 2.34. The van der Waals surface area contributed by atoms with Gasteiger partial charge in [0, 0.05) is 29.1 Å². The quantitative estimate of drug-likeness (QED) is 0.152. The first-order valence-electron chi connectivity index (χ1n) is 11.6. The van der Waals surface area contributed by atoms with E-state index in [0.29, 0.717) is 40.9 Å². The van der Waals surface area contributed by atoms with Crippen molar-refractivity contribution in [2.24, 2.45) is 5.11 Å². The Morgan fingerprint density at radius 2 is 2.23 bits per heavy atom. The number of rotatable bonds is 9. The molecule has 1 saturated heterocycles. The molecule has 1 fully saturated rings. The molecule has 15 nitrogen and oxygen atoms in total. The van der Waals surface area contributed by atoms with Crippen molar-refractivity contribution in [2.75, 3.05) is 12.4 Å². The lowest BCUT2D eigenvalue weighted by Crippen LogP contribution is -2.40. The molecule has 4 atom stereocenters. The van der Waals surface area contributed by atoms with Crippen LogP contribution in [0.3, 0.4) is 0 Å². The molecule has 1 aromatic carbocycles. The number of hydrogen-bond donors (Lipinski definition) is 3. The summed E-state index contributed by atoms with van der Waals surface area (Å²) in [5.41, 5.74) is 11.2. The molecule has 3 aromatic heterocycles. The number of aromatic nitrogens is 6. The van der Waals surface area contributed by atoms with Crippen LogP contribution in [0, 0.1) is 6.92 Å². The third kappa shape index (κ3) is 5.28. The van der Waals surface area contributed by atoms with Crippen molar-refractivity contribution in [3.05, 3.63) is 62.5 Å². The maximum Gasteiger partial charge on any atom is 0.249 e. The number of halogens is 1. The fourth-order valence-electron chi connectivity index (χ4n) is 4.14. The lowest BCUT2D eigenvalue weighted by Gasteiger charge is -2.17. The van der Waals surface area contributed by atoms with E-state index in [4.69, 9.17) is 26.6 Å². The topological polar surface area (TPSA) is 198 Å². The zero-order valence-electron chi connectivity index (χ0n) is 20.6. The van der Waals surface area contributed by atoms with Crippen molar-refractivity contribution in [1.82, 2.24) is 34.4 Å². The highest BCUT2D eigenvalue weighted by Gasteiger charge is 2.48. The zero-order valence-corrected chi connectivity index (χ0v) is 22.2. The lowest BCUT2D eigenvalue weighted by atomic mass is 10.1. The molecular formula is C22H22ClN11O4S. The van der Waals surface area contributed by atoms with Crippen LogP contribution in [0.15, 0.2) is 36.0 Å². The third-order valence-corrected chi connectivity index (χ3v) is 7.17. The van der Waals surface area contributed by atoms with Crippen LogP contribution >= 0.6 is 23.1 Å². The predicted octanol–water partition coefficient (Wildman–Crippen LogP) is 2.51. The van der Waals surface area contributed by atoms with Gasteiger partial charge in [0.05, 0.1) is 16.9 Å². The van der Waals surface area contributed by atoms with E-state index in [-0.39, 0.29) is 0 Å². The van der Waals surface area contributed by atoms with Crippen LogP contribution in [-0.4, -0.2) is 65.4 Å². The molecule has 39 heavy (non-hydrogen) atoms. The summed E-state index contributed by atoms with van der Waals surface area (Å²) in [5.74, 6) is 0.508. The Morgan fingerprint density at radius 3 is 2.97 bits per heavy atom.